The molecule has 0 amide bonds. The topological polar surface area (TPSA) is 130 Å². The van der Waals surface area contributed by atoms with E-state index in [2.05, 4.69) is 6.92 Å². The van der Waals surface area contributed by atoms with Gasteiger partial charge in [-0.15, -0.1) is 0 Å². The first-order valence-corrected chi connectivity index (χ1v) is 9.11. The van der Waals surface area contributed by atoms with Gasteiger partial charge in [0.2, 0.25) is 0 Å². The molecule has 0 aromatic heterocycles. The zero-order chi connectivity index (χ0) is 19.8. The zero-order valence-corrected chi connectivity index (χ0v) is 17.7. The summed E-state index contributed by atoms with van der Waals surface area (Å²) in [5.74, 6) is -2.88. The molecule has 0 saturated heterocycles. The predicted molar refractivity (Wildman–Crippen MR) is 80.6 cm³/mol. The molecule has 0 aliphatic carbocycles. The van der Waals surface area contributed by atoms with Crippen molar-refractivity contribution in [2.45, 2.75) is 79.1 Å². The summed E-state index contributed by atoms with van der Waals surface area (Å²) in [5, 5.41) is 28.5. The van der Waals surface area contributed by atoms with Crippen molar-refractivity contribution in [3.05, 3.63) is 0 Å². The summed E-state index contributed by atoms with van der Waals surface area (Å²) in [4.78, 5) is 28.5. The molecule has 140 valence electrons. The molecule has 0 radical (unpaired) electrons. The number of unbranched alkanes of at least 4 members (excludes halogenated alkanes) is 1. The summed E-state index contributed by atoms with van der Waals surface area (Å²) in [6.07, 6.45) is 5.01. The molecule has 0 unspecified atom stereocenters. The molecule has 0 aliphatic heterocycles. The fourth-order valence-corrected chi connectivity index (χ4v) is 1.18. The number of carboxylic acid groups (broad SMARTS) is 3. The van der Waals surface area contributed by atoms with E-state index in [1.54, 1.807) is 20.8 Å². The van der Waals surface area contributed by atoms with Gasteiger partial charge < -0.3 is 29.7 Å². The van der Waals surface area contributed by atoms with E-state index in [1.807, 2.05) is 0 Å². The van der Waals surface area contributed by atoms with Gasteiger partial charge in [0, 0.05) is 17.9 Å². The molecule has 0 fully saturated rings. The maximum atomic E-state index is 9.49. The van der Waals surface area contributed by atoms with Crippen LogP contribution in [0.3, 0.4) is 0 Å². The normalized spacial score (nSPS) is 8.42. The van der Waals surface area contributed by atoms with E-state index in [4.69, 9.17) is 2.81 Å². The fourth-order valence-electron chi connectivity index (χ4n) is 0.829. The van der Waals surface area contributed by atoms with Gasteiger partial charge in [-0.1, -0.05) is 40.0 Å². The van der Waals surface area contributed by atoms with Crippen LogP contribution in [0.5, 0.6) is 0 Å². The maximum absolute atomic E-state index is 9.49. The van der Waals surface area contributed by atoms with Crippen molar-refractivity contribution in [3.63, 3.8) is 0 Å². The van der Waals surface area contributed by atoms with Crippen LogP contribution in [0, 0.1) is 0 Å². The Morgan fingerprint density at radius 2 is 1.00 bits per heavy atom. The Balaban J connectivity index is -0.000000111. The Labute approximate surface area is 161 Å². The molecule has 0 rings (SSSR count). The summed E-state index contributed by atoms with van der Waals surface area (Å²) in [6.45, 7) is 8.52. The number of hydrogen-bond acceptors (Lipinski definition) is 7. The number of aliphatic carboxylic acids is 3. The SMILES string of the molecule is CCCC(=O)[O-].CCCC(=O)[O-].CCCC(=O)[O-].CCCC[O][Zr+3]. The van der Waals surface area contributed by atoms with Crippen LogP contribution in [0.1, 0.15) is 79.1 Å². The number of hydrogen-bond donors (Lipinski definition) is 0. The Kier molecular flexibility index (Phi) is 39.0. The third-order valence-electron chi connectivity index (χ3n) is 1.96. The Hall–Kier alpha value is -0.747. The Bertz CT molecular complexity index is 242. The molecule has 0 saturated carbocycles. The van der Waals surface area contributed by atoms with Gasteiger partial charge in [-0.25, -0.2) is 0 Å². The third-order valence-corrected chi connectivity index (χ3v) is 2.46. The summed E-state index contributed by atoms with van der Waals surface area (Å²) < 4.78 is 4.87. The predicted octanol–water partition coefficient (Wildman–Crippen LogP) is -0.126. The summed E-state index contributed by atoms with van der Waals surface area (Å²) in [7, 11) is 0. The molecule has 7 nitrogen and oxygen atoms in total. The number of carboxylic acids is 3. The van der Waals surface area contributed by atoms with Gasteiger partial charge in [0.25, 0.3) is 0 Å². The van der Waals surface area contributed by atoms with E-state index in [1.165, 1.54) is 38.0 Å². The average Bonchev–Trinajstić information content (AvgIpc) is 2.46. The summed E-state index contributed by atoms with van der Waals surface area (Å²) >= 11 is 1.19. The van der Waals surface area contributed by atoms with Crippen molar-refractivity contribution in [1.29, 1.82) is 0 Å². The van der Waals surface area contributed by atoms with Crippen LogP contribution in [0.25, 0.3) is 0 Å². The first kappa shape index (κ1) is 31.1. The van der Waals surface area contributed by atoms with E-state index in [0.29, 0.717) is 19.3 Å². The van der Waals surface area contributed by atoms with Crippen LogP contribution in [-0.4, -0.2) is 24.5 Å². The molecule has 0 aromatic rings. The molecule has 0 spiro atoms. The van der Waals surface area contributed by atoms with Crippen molar-refractivity contribution in [1.82, 2.24) is 0 Å². The number of carbonyl (C=O) groups is 3. The third kappa shape index (κ3) is 68.8. The van der Waals surface area contributed by atoms with Crippen molar-refractivity contribution >= 4 is 17.9 Å². The molecule has 0 bridgehead atoms. The zero-order valence-electron chi connectivity index (χ0n) is 15.2. The molecule has 0 N–H and O–H groups in total. The molecular formula is C16H30O7Zr. The first-order chi connectivity index (χ1) is 11.2. The monoisotopic (exact) mass is 424 g/mol. The Morgan fingerprint density at radius 1 is 0.708 bits per heavy atom. The van der Waals surface area contributed by atoms with Gasteiger partial charge in [0.15, 0.2) is 0 Å². The van der Waals surface area contributed by atoms with Crippen LogP contribution < -0.4 is 15.3 Å². The molecule has 0 aromatic carbocycles. The van der Waals surface area contributed by atoms with E-state index >= 15 is 0 Å². The minimum absolute atomic E-state index is 0.181. The molecule has 0 heterocycles. The van der Waals surface area contributed by atoms with Crippen molar-refractivity contribution in [2.75, 3.05) is 6.61 Å². The van der Waals surface area contributed by atoms with Crippen LogP contribution in [0.4, 0.5) is 0 Å². The first-order valence-electron chi connectivity index (χ1n) is 8.11. The standard InChI is InChI=1S/3C4H8O2.C4H9O.Zr/c3*1-2-3-4(5)6;1-2-3-4-5;/h3*2-3H2,1H3,(H,5,6);2-4H2,1H3;/q;;;-1;+4/p-3. The van der Waals surface area contributed by atoms with Crippen LogP contribution >= 0.6 is 0 Å². The van der Waals surface area contributed by atoms with Gasteiger partial charge >= 0.3 is 54.3 Å². The van der Waals surface area contributed by atoms with Gasteiger partial charge in [-0.2, -0.15) is 0 Å². The van der Waals surface area contributed by atoms with E-state index < -0.39 is 17.9 Å². The minimum atomic E-state index is -0.961. The second kappa shape index (κ2) is 30.2. The fraction of sp³-hybridized carbons (Fsp3) is 0.812. The Morgan fingerprint density at radius 3 is 1.04 bits per heavy atom. The van der Waals surface area contributed by atoms with Crippen molar-refractivity contribution < 1.29 is 57.7 Å². The molecule has 8 heteroatoms. The van der Waals surface area contributed by atoms with E-state index in [0.717, 1.165) is 6.61 Å². The molecule has 24 heavy (non-hydrogen) atoms. The second-order valence-electron chi connectivity index (χ2n) is 4.57. The molecule has 0 atom stereocenters. The second-order valence-corrected chi connectivity index (χ2v) is 5.28. The number of rotatable bonds is 9. The van der Waals surface area contributed by atoms with E-state index in [-0.39, 0.29) is 19.3 Å². The summed E-state index contributed by atoms with van der Waals surface area (Å²) in [6, 6.07) is 0. The van der Waals surface area contributed by atoms with Gasteiger partial charge in [0.05, 0.1) is 0 Å². The van der Waals surface area contributed by atoms with Crippen LogP contribution in [-0.2, 0) is 42.4 Å². The quantitative estimate of drug-likeness (QED) is 0.470. The van der Waals surface area contributed by atoms with Crippen molar-refractivity contribution in [2.24, 2.45) is 0 Å². The summed E-state index contributed by atoms with van der Waals surface area (Å²) in [5.41, 5.74) is 0. The van der Waals surface area contributed by atoms with Gasteiger partial charge in [-0.3, -0.25) is 0 Å². The average molecular weight is 426 g/mol. The van der Waals surface area contributed by atoms with Gasteiger partial charge in [0.1, 0.15) is 0 Å². The molecule has 0 aliphatic rings. The van der Waals surface area contributed by atoms with Crippen molar-refractivity contribution in [3.8, 4) is 0 Å². The van der Waals surface area contributed by atoms with E-state index in [9.17, 15) is 29.7 Å². The van der Waals surface area contributed by atoms with Crippen LogP contribution in [0.15, 0.2) is 0 Å². The molecular weight excluding hydrogens is 395 g/mol. The van der Waals surface area contributed by atoms with Crippen LogP contribution in [0.2, 0.25) is 0 Å². The van der Waals surface area contributed by atoms with Gasteiger partial charge in [-0.05, 0) is 19.3 Å². The number of carbonyl (C=O) groups excluding carboxylic acids is 3.